The van der Waals surface area contributed by atoms with Crippen LogP contribution in [-0.2, 0) is 6.54 Å². The van der Waals surface area contributed by atoms with Gasteiger partial charge in [-0.2, -0.15) is 5.26 Å². The minimum atomic E-state index is -0.330. The van der Waals surface area contributed by atoms with Gasteiger partial charge in [0, 0.05) is 18.6 Å². The summed E-state index contributed by atoms with van der Waals surface area (Å²) in [5.41, 5.74) is 3.78. The largest absolute Gasteiger partial charge is 0.289 e. The van der Waals surface area contributed by atoms with Crippen molar-refractivity contribution >= 4 is 5.57 Å². The molecule has 0 radical (unpaired) electrons. The van der Waals surface area contributed by atoms with E-state index in [1.807, 2.05) is 12.1 Å². The number of nitrogens with zero attached hydrogens (tertiary/aromatic N) is 2. The van der Waals surface area contributed by atoms with Crippen molar-refractivity contribution in [1.29, 1.82) is 5.26 Å². The van der Waals surface area contributed by atoms with Crippen molar-refractivity contribution < 1.29 is 4.39 Å². The van der Waals surface area contributed by atoms with Crippen LogP contribution in [0.15, 0.2) is 54.6 Å². The van der Waals surface area contributed by atoms with Gasteiger partial charge in [-0.25, -0.2) is 4.39 Å². The van der Waals surface area contributed by atoms with E-state index >= 15 is 0 Å². The number of hydrogen-bond donors (Lipinski definition) is 0. The Balaban J connectivity index is 1.60. The van der Waals surface area contributed by atoms with Crippen molar-refractivity contribution in [1.82, 2.24) is 4.90 Å². The van der Waals surface area contributed by atoms with E-state index in [1.165, 1.54) is 23.6 Å². The van der Waals surface area contributed by atoms with Gasteiger partial charge in [-0.3, -0.25) is 4.90 Å². The van der Waals surface area contributed by atoms with Gasteiger partial charge in [0.25, 0.3) is 0 Å². The van der Waals surface area contributed by atoms with Gasteiger partial charge in [-0.15, -0.1) is 0 Å². The van der Waals surface area contributed by atoms with Gasteiger partial charge in [0.05, 0.1) is 11.6 Å². The Morgan fingerprint density at radius 2 is 1.96 bits per heavy atom. The number of benzene rings is 2. The normalized spacial score (nSPS) is 22.9. The average molecular weight is 318 g/mol. The minimum Gasteiger partial charge on any atom is -0.289 e. The fraction of sp³-hybridized carbons (Fsp3) is 0.286. The zero-order valence-electron chi connectivity index (χ0n) is 13.5. The second-order valence-electron chi connectivity index (χ2n) is 6.69. The monoisotopic (exact) mass is 318 g/mol. The lowest BCUT2D eigenvalue weighted by atomic mass is 9.93. The van der Waals surface area contributed by atoms with E-state index in [0.29, 0.717) is 17.6 Å². The van der Waals surface area contributed by atoms with Crippen LogP contribution in [0.5, 0.6) is 0 Å². The molecule has 0 aliphatic carbocycles. The molecule has 120 valence electrons. The maximum absolute atomic E-state index is 13.8. The molecule has 0 saturated carbocycles. The van der Waals surface area contributed by atoms with Crippen molar-refractivity contribution in [3.8, 4) is 6.07 Å². The first kappa shape index (κ1) is 15.1. The molecule has 0 spiro atoms. The zero-order chi connectivity index (χ0) is 16.5. The third kappa shape index (κ3) is 2.86. The molecule has 1 saturated heterocycles. The smallest absolute Gasteiger partial charge is 0.125 e. The molecule has 2 aromatic rings. The van der Waals surface area contributed by atoms with Gasteiger partial charge in [-0.1, -0.05) is 36.4 Å². The Hall–Kier alpha value is -2.44. The Morgan fingerprint density at radius 3 is 2.71 bits per heavy atom. The second kappa shape index (κ2) is 6.22. The molecule has 2 aromatic carbocycles. The maximum Gasteiger partial charge on any atom is 0.125 e. The predicted molar refractivity (Wildman–Crippen MR) is 92.5 cm³/mol. The Kier molecular flexibility index (Phi) is 3.92. The molecule has 2 unspecified atom stereocenters. The minimum absolute atomic E-state index is 0.330. The topological polar surface area (TPSA) is 27.0 Å². The Bertz CT molecular complexity index is 819. The molecule has 4 rings (SSSR count). The van der Waals surface area contributed by atoms with Crippen LogP contribution in [0.3, 0.4) is 0 Å². The van der Waals surface area contributed by atoms with Crippen LogP contribution < -0.4 is 0 Å². The lowest BCUT2D eigenvalue weighted by molar-refractivity contribution is 0.203. The molecule has 3 heteroatoms. The van der Waals surface area contributed by atoms with Crippen LogP contribution in [-0.4, -0.2) is 17.0 Å². The van der Waals surface area contributed by atoms with Crippen LogP contribution in [0.2, 0.25) is 0 Å². The number of nitriles is 1. The van der Waals surface area contributed by atoms with Crippen LogP contribution >= 0.6 is 0 Å². The van der Waals surface area contributed by atoms with Gasteiger partial charge in [0.2, 0.25) is 0 Å². The first-order valence-electron chi connectivity index (χ1n) is 8.44. The summed E-state index contributed by atoms with van der Waals surface area (Å²) >= 11 is 0. The molecular weight excluding hydrogens is 299 g/mol. The van der Waals surface area contributed by atoms with E-state index in [4.69, 9.17) is 5.26 Å². The summed E-state index contributed by atoms with van der Waals surface area (Å²) < 4.78 is 13.8. The van der Waals surface area contributed by atoms with Gasteiger partial charge in [0.15, 0.2) is 0 Å². The van der Waals surface area contributed by atoms with Crippen molar-refractivity contribution in [3.05, 3.63) is 77.1 Å². The second-order valence-corrected chi connectivity index (χ2v) is 6.69. The first-order chi connectivity index (χ1) is 11.7. The highest BCUT2D eigenvalue weighted by Crippen LogP contribution is 2.39. The number of hydrogen-bond acceptors (Lipinski definition) is 2. The van der Waals surface area contributed by atoms with E-state index in [0.717, 1.165) is 24.9 Å². The van der Waals surface area contributed by atoms with Crippen LogP contribution in [0.25, 0.3) is 5.57 Å². The Morgan fingerprint density at radius 1 is 1.12 bits per heavy atom. The fourth-order valence-electron chi connectivity index (χ4n) is 4.01. The number of rotatable bonds is 3. The van der Waals surface area contributed by atoms with Crippen molar-refractivity contribution in [2.75, 3.05) is 0 Å². The maximum atomic E-state index is 13.8. The van der Waals surface area contributed by atoms with Gasteiger partial charge < -0.3 is 0 Å². The lowest BCUT2D eigenvalue weighted by Crippen LogP contribution is -2.37. The van der Waals surface area contributed by atoms with Crippen LogP contribution in [0.1, 0.15) is 36.0 Å². The third-order valence-electron chi connectivity index (χ3n) is 5.15. The van der Waals surface area contributed by atoms with Gasteiger partial charge >= 0.3 is 0 Å². The van der Waals surface area contributed by atoms with Crippen molar-refractivity contribution in [2.24, 2.45) is 0 Å². The molecule has 24 heavy (non-hydrogen) atoms. The van der Waals surface area contributed by atoms with E-state index in [1.54, 1.807) is 12.1 Å². The third-order valence-corrected chi connectivity index (χ3v) is 5.15. The summed E-state index contributed by atoms with van der Waals surface area (Å²) in [5, 5.41) is 9.06. The SMILES string of the molecule is N#Cc1cc(F)cc(C2=CC3CCC(C2)N3Cc2ccccc2)c1. The number of halogens is 1. The quantitative estimate of drug-likeness (QED) is 0.832. The van der Waals surface area contributed by atoms with Gasteiger partial charge in [-0.05, 0) is 54.2 Å². The van der Waals surface area contributed by atoms with E-state index in [9.17, 15) is 4.39 Å². The van der Waals surface area contributed by atoms with Crippen LogP contribution in [0.4, 0.5) is 4.39 Å². The summed E-state index contributed by atoms with van der Waals surface area (Å²) in [4.78, 5) is 2.56. The summed E-state index contributed by atoms with van der Waals surface area (Å²) in [6.07, 6.45) is 5.54. The van der Waals surface area contributed by atoms with E-state index in [-0.39, 0.29) is 5.82 Å². The summed E-state index contributed by atoms with van der Waals surface area (Å²) in [7, 11) is 0. The van der Waals surface area contributed by atoms with Gasteiger partial charge in [0.1, 0.15) is 5.82 Å². The molecule has 0 N–H and O–H groups in total. The van der Waals surface area contributed by atoms with Crippen molar-refractivity contribution in [2.45, 2.75) is 37.9 Å². The zero-order valence-corrected chi connectivity index (χ0v) is 13.5. The molecule has 2 nitrogen and oxygen atoms in total. The summed E-state index contributed by atoms with van der Waals surface area (Å²) in [6.45, 7) is 0.965. The molecule has 2 atom stereocenters. The number of fused-ring (bicyclic) bond motifs is 2. The molecule has 2 aliphatic heterocycles. The molecule has 2 heterocycles. The predicted octanol–water partition coefficient (Wildman–Crippen LogP) is 4.52. The molecular formula is C21H19FN2. The Labute approximate surface area is 141 Å². The summed E-state index contributed by atoms with van der Waals surface area (Å²) in [5.74, 6) is -0.330. The standard InChI is InChI=1S/C21H19FN2/c22-19-9-16(13-23)8-17(10-19)18-11-20-6-7-21(12-18)24(20)14-15-4-2-1-3-5-15/h1-5,8-11,20-21H,6-7,12,14H2. The molecule has 0 amide bonds. The highest BCUT2D eigenvalue weighted by atomic mass is 19.1. The molecule has 2 aliphatic rings. The van der Waals surface area contributed by atoms with Crippen LogP contribution in [0, 0.1) is 17.1 Å². The van der Waals surface area contributed by atoms with Crippen molar-refractivity contribution in [3.63, 3.8) is 0 Å². The fourth-order valence-corrected chi connectivity index (χ4v) is 4.01. The molecule has 1 fully saturated rings. The molecule has 2 bridgehead atoms. The highest BCUT2D eigenvalue weighted by Gasteiger charge is 2.36. The highest BCUT2D eigenvalue weighted by molar-refractivity contribution is 5.69. The van der Waals surface area contributed by atoms with E-state index in [2.05, 4.69) is 35.2 Å². The molecule has 0 aromatic heterocycles. The summed E-state index contributed by atoms with van der Waals surface area (Å²) in [6, 6.07) is 18.2. The van der Waals surface area contributed by atoms with E-state index < -0.39 is 0 Å². The lowest BCUT2D eigenvalue weighted by Gasteiger charge is -2.34. The average Bonchev–Trinajstić information content (AvgIpc) is 2.83. The first-order valence-corrected chi connectivity index (χ1v) is 8.44.